The van der Waals surface area contributed by atoms with Gasteiger partial charge in [-0.2, -0.15) is 0 Å². The summed E-state index contributed by atoms with van der Waals surface area (Å²) in [5.74, 6) is -1.41. The van der Waals surface area contributed by atoms with Crippen molar-refractivity contribution in [2.45, 2.75) is 0 Å². The van der Waals surface area contributed by atoms with Crippen molar-refractivity contribution >= 4 is 41.6 Å². The van der Waals surface area contributed by atoms with E-state index in [1.807, 2.05) is 42.5 Å². The molecule has 26 heavy (non-hydrogen) atoms. The SMILES string of the molecule is Cl.O=C(O)c1ccc(NC(=O)c2ccccc2-c2ccccc2)cc1Cl. The third kappa shape index (κ3) is 4.23. The molecule has 0 aliphatic rings. The predicted molar refractivity (Wildman–Crippen MR) is 105 cm³/mol. The van der Waals surface area contributed by atoms with Crippen LogP contribution >= 0.6 is 24.0 Å². The second kappa shape index (κ2) is 8.52. The largest absolute Gasteiger partial charge is 0.478 e. The standard InChI is InChI=1S/C20H14ClNO3.ClH/c21-18-12-14(10-11-17(18)20(24)25)22-19(23)16-9-5-4-8-15(16)13-6-2-1-3-7-13;/h1-12H,(H,22,23)(H,24,25);1H. The van der Waals surface area contributed by atoms with Crippen molar-refractivity contribution in [3.63, 3.8) is 0 Å². The van der Waals surface area contributed by atoms with Crippen LogP contribution in [0.3, 0.4) is 0 Å². The van der Waals surface area contributed by atoms with Gasteiger partial charge >= 0.3 is 5.97 Å². The average Bonchev–Trinajstić information content (AvgIpc) is 2.62. The zero-order valence-electron chi connectivity index (χ0n) is 13.5. The van der Waals surface area contributed by atoms with Gasteiger partial charge in [0.1, 0.15) is 0 Å². The number of rotatable bonds is 4. The molecule has 3 aromatic carbocycles. The summed E-state index contributed by atoms with van der Waals surface area (Å²) < 4.78 is 0. The van der Waals surface area contributed by atoms with Gasteiger partial charge in [-0.1, -0.05) is 60.1 Å². The number of benzene rings is 3. The van der Waals surface area contributed by atoms with Crippen LogP contribution in [0, 0.1) is 0 Å². The minimum absolute atomic E-state index is 0. The van der Waals surface area contributed by atoms with Crippen molar-refractivity contribution in [2.75, 3.05) is 5.32 Å². The fraction of sp³-hybridized carbons (Fsp3) is 0. The van der Waals surface area contributed by atoms with Crippen molar-refractivity contribution in [1.82, 2.24) is 0 Å². The third-order valence-electron chi connectivity index (χ3n) is 3.71. The summed E-state index contributed by atoms with van der Waals surface area (Å²) in [7, 11) is 0. The molecule has 0 saturated carbocycles. The molecule has 0 unspecified atom stereocenters. The smallest absolute Gasteiger partial charge is 0.337 e. The van der Waals surface area contributed by atoms with E-state index in [-0.39, 0.29) is 28.9 Å². The molecule has 1 amide bonds. The van der Waals surface area contributed by atoms with Crippen LogP contribution < -0.4 is 5.32 Å². The zero-order chi connectivity index (χ0) is 17.8. The lowest BCUT2D eigenvalue weighted by Gasteiger charge is -2.11. The quantitative estimate of drug-likeness (QED) is 0.631. The second-order valence-electron chi connectivity index (χ2n) is 5.37. The lowest BCUT2D eigenvalue weighted by Crippen LogP contribution is -2.13. The summed E-state index contributed by atoms with van der Waals surface area (Å²) >= 11 is 5.95. The van der Waals surface area contributed by atoms with Crippen LogP contribution in [0.2, 0.25) is 5.02 Å². The highest BCUT2D eigenvalue weighted by atomic mass is 35.5. The number of amides is 1. The predicted octanol–water partition coefficient (Wildman–Crippen LogP) is 5.38. The van der Waals surface area contributed by atoms with Crippen LogP contribution in [-0.4, -0.2) is 17.0 Å². The minimum atomic E-state index is -1.11. The highest BCUT2D eigenvalue weighted by Gasteiger charge is 2.14. The molecule has 4 nitrogen and oxygen atoms in total. The molecule has 0 bridgehead atoms. The van der Waals surface area contributed by atoms with E-state index in [0.717, 1.165) is 11.1 Å². The number of hydrogen-bond donors (Lipinski definition) is 2. The van der Waals surface area contributed by atoms with E-state index in [0.29, 0.717) is 11.3 Å². The van der Waals surface area contributed by atoms with Crippen molar-refractivity contribution in [3.8, 4) is 11.1 Å². The second-order valence-corrected chi connectivity index (χ2v) is 5.77. The van der Waals surface area contributed by atoms with E-state index < -0.39 is 5.97 Å². The number of carbonyl (C=O) groups excluding carboxylic acids is 1. The molecule has 132 valence electrons. The van der Waals surface area contributed by atoms with E-state index in [1.165, 1.54) is 18.2 Å². The Morgan fingerprint density at radius 3 is 2.15 bits per heavy atom. The first-order chi connectivity index (χ1) is 12.1. The monoisotopic (exact) mass is 387 g/mol. The topological polar surface area (TPSA) is 66.4 Å². The number of nitrogens with one attached hydrogen (secondary N) is 1. The van der Waals surface area contributed by atoms with Gasteiger partial charge in [0, 0.05) is 11.3 Å². The fourth-order valence-electron chi connectivity index (χ4n) is 2.52. The van der Waals surface area contributed by atoms with Gasteiger partial charge in [0.15, 0.2) is 0 Å². The number of aromatic carboxylic acids is 1. The fourth-order valence-corrected chi connectivity index (χ4v) is 2.78. The van der Waals surface area contributed by atoms with Crippen LogP contribution in [0.25, 0.3) is 11.1 Å². The number of carbonyl (C=O) groups is 2. The van der Waals surface area contributed by atoms with Crippen molar-refractivity contribution in [3.05, 3.63) is 88.9 Å². The van der Waals surface area contributed by atoms with E-state index >= 15 is 0 Å². The molecular formula is C20H15Cl2NO3. The van der Waals surface area contributed by atoms with Gasteiger partial charge in [-0.05, 0) is 35.4 Å². The average molecular weight is 388 g/mol. The maximum absolute atomic E-state index is 12.7. The Kier molecular flexibility index (Phi) is 6.39. The molecule has 0 saturated heterocycles. The first kappa shape index (κ1) is 19.5. The van der Waals surface area contributed by atoms with Gasteiger partial charge in [-0.25, -0.2) is 4.79 Å². The maximum atomic E-state index is 12.7. The van der Waals surface area contributed by atoms with Crippen LogP contribution in [0.1, 0.15) is 20.7 Å². The maximum Gasteiger partial charge on any atom is 0.337 e. The lowest BCUT2D eigenvalue weighted by atomic mass is 9.99. The number of carboxylic acid groups (broad SMARTS) is 1. The van der Waals surface area contributed by atoms with Gasteiger partial charge in [0.05, 0.1) is 10.6 Å². The minimum Gasteiger partial charge on any atom is -0.478 e. The van der Waals surface area contributed by atoms with Crippen LogP contribution in [-0.2, 0) is 0 Å². The van der Waals surface area contributed by atoms with E-state index in [4.69, 9.17) is 16.7 Å². The third-order valence-corrected chi connectivity index (χ3v) is 4.03. The summed E-state index contributed by atoms with van der Waals surface area (Å²) in [5, 5.41) is 11.8. The molecule has 0 aliphatic carbocycles. The Balaban J connectivity index is 0.00000243. The molecule has 0 aliphatic heterocycles. The van der Waals surface area contributed by atoms with E-state index in [1.54, 1.807) is 12.1 Å². The normalized spacial score (nSPS) is 9.88. The molecule has 0 heterocycles. The summed E-state index contributed by atoms with van der Waals surface area (Å²) in [4.78, 5) is 23.7. The highest BCUT2D eigenvalue weighted by molar-refractivity contribution is 6.33. The molecule has 0 aromatic heterocycles. The molecule has 6 heteroatoms. The Hall–Kier alpha value is -2.82. The molecule has 0 fully saturated rings. The van der Waals surface area contributed by atoms with Gasteiger partial charge < -0.3 is 10.4 Å². The molecular weight excluding hydrogens is 373 g/mol. The molecule has 0 atom stereocenters. The molecule has 0 spiro atoms. The summed E-state index contributed by atoms with van der Waals surface area (Å²) in [6.45, 7) is 0. The number of anilines is 1. The lowest BCUT2D eigenvalue weighted by molar-refractivity contribution is 0.0697. The molecule has 3 rings (SSSR count). The number of halogens is 2. The van der Waals surface area contributed by atoms with Gasteiger partial charge in [-0.3, -0.25) is 4.79 Å². The van der Waals surface area contributed by atoms with E-state index in [2.05, 4.69) is 5.32 Å². The molecule has 2 N–H and O–H groups in total. The van der Waals surface area contributed by atoms with E-state index in [9.17, 15) is 9.59 Å². The summed E-state index contributed by atoms with van der Waals surface area (Å²) in [6, 6.07) is 21.2. The van der Waals surface area contributed by atoms with Crippen LogP contribution in [0.15, 0.2) is 72.8 Å². The Labute approximate surface area is 161 Å². The zero-order valence-corrected chi connectivity index (χ0v) is 15.1. The van der Waals surface area contributed by atoms with Gasteiger partial charge in [-0.15, -0.1) is 12.4 Å². The molecule has 3 aromatic rings. The van der Waals surface area contributed by atoms with Gasteiger partial charge in [0.2, 0.25) is 0 Å². The van der Waals surface area contributed by atoms with Crippen molar-refractivity contribution in [2.24, 2.45) is 0 Å². The summed E-state index contributed by atoms with van der Waals surface area (Å²) in [6.07, 6.45) is 0. The van der Waals surface area contributed by atoms with Crippen molar-refractivity contribution in [1.29, 1.82) is 0 Å². The number of hydrogen-bond acceptors (Lipinski definition) is 2. The number of carboxylic acids is 1. The molecule has 0 radical (unpaired) electrons. The van der Waals surface area contributed by atoms with Crippen LogP contribution in [0.4, 0.5) is 5.69 Å². The first-order valence-corrected chi connectivity index (χ1v) is 7.92. The first-order valence-electron chi connectivity index (χ1n) is 7.55. The van der Waals surface area contributed by atoms with Crippen molar-refractivity contribution < 1.29 is 14.7 Å². The van der Waals surface area contributed by atoms with Gasteiger partial charge in [0.25, 0.3) is 5.91 Å². The highest BCUT2D eigenvalue weighted by Crippen LogP contribution is 2.25. The Morgan fingerprint density at radius 1 is 0.846 bits per heavy atom. The Bertz CT molecular complexity index is 943. The Morgan fingerprint density at radius 2 is 1.50 bits per heavy atom. The summed E-state index contributed by atoms with van der Waals surface area (Å²) in [5.41, 5.74) is 2.70. The van der Waals surface area contributed by atoms with Crippen LogP contribution in [0.5, 0.6) is 0 Å².